The molecule has 140 valence electrons. The van der Waals surface area contributed by atoms with E-state index in [1.54, 1.807) is 12.1 Å². The van der Waals surface area contributed by atoms with E-state index in [-0.39, 0.29) is 48.5 Å². The normalized spacial score (nSPS) is 20.4. The van der Waals surface area contributed by atoms with E-state index in [2.05, 4.69) is 15.6 Å². The van der Waals surface area contributed by atoms with Gasteiger partial charge in [-0.25, -0.2) is 4.98 Å². The first-order chi connectivity index (χ1) is 11.1. The molecule has 0 radical (unpaired) electrons. The number of pyridine rings is 1. The average molecular weight is 410 g/mol. The van der Waals surface area contributed by atoms with Crippen molar-refractivity contribution in [3.8, 4) is 0 Å². The zero-order valence-corrected chi connectivity index (χ0v) is 16.1. The fourth-order valence-electron chi connectivity index (χ4n) is 3.16. The zero-order chi connectivity index (χ0) is 16.2. The lowest BCUT2D eigenvalue weighted by molar-refractivity contribution is -0.137. The minimum absolute atomic E-state index is 0. The van der Waals surface area contributed by atoms with Crippen molar-refractivity contribution in [3.63, 3.8) is 0 Å². The van der Waals surface area contributed by atoms with Gasteiger partial charge in [-0.3, -0.25) is 9.59 Å². The predicted octanol–water partition coefficient (Wildman–Crippen LogP) is 2.37. The number of aromatic nitrogens is 1. The molecule has 25 heavy (non-hydrogen) atoms. The highest BCUT2D eigenvalue weighted by atomic mass is 35.5. The van der Waals surface area contributed by atoms with Crippen molar-refractivity contribution in [2.75, 3.05) is 31.5 Å². The number of amides is 2. The number of carbonyl (C=O) groups excluding carboxylic acids is 2. The number of piperidine rings is 1. The van der Waals surface area contributed by atoms with Crippen molar-refractivity contribution in [2.45, 2.75) is 19.3 Å². The van der Waals surface area contributed by atoms with E-state index in [4.69, 9.17) is 11.6 Å². The van der Waals surface area contributed by atoms with E-state index in [1.165, 1.54) is 6.20 Å². The molecule has 6 nitrogen and oxygen atoms in total. The monoisotopic (exact) mass is 408 g/mol. The summed E-state index contributed by atoms with van der Waals surface area (Å²) >= 11 is 5.78. The highest BCUT2D eigenvalue weighted by molar-refractivity contribution is 6.30. The first kappa shape index (κ1) is 22.0. The van der Waals surface area contributed by atoms with Crippen LogP contribution in [0.5, 0.6) is 0 Å². The molecule has 0 saturated carbocycles. The lowest BCUT2D eigenvalue weighted by Gasteiger charge is -2.32. The van der Waals surface area contributed by atoms with Gasteiger partial charge in [0.05, 0.1) is 10.9 Å². The number of carbonyl (C=O) groups is 2. The topological polar surface area (TPSA) is 74.3 Å². The van der Waals surface area contributed by atoms with Gasteiger partial charge in [0.25, 0.3) is 0 Å². The van der Waals surface area contributed by atoms with Gasteiger partial charge in [0.2, 0.25) is 11.8 Å². The van der Waals surface area contributed by atoms with Gasteiger partial charge in [-0.1, -0.05) is 11.6 Å². The predicted molar refractivity (Wildman–Crippen MR) is 103 cm³/mol. The Morgan fingerprint density at radius 3 is 2.44 bits per heavy atom. The second-order valence-electron chi connectivity index (χ2n) is 6.14. The number of nitrogens with one attached hydrogen (secondary N) is 2. The number of hydrogen-bond acceptors (Lipinski definition) is 4. The summed E-state index contributed by atoms with van der Waals surface area (Å²) in [6, 6.07) is 3.38. The summed E-state index contributed by atoms with van der Waals surface area (Å²) in [6.45, 7) is 3.01. The maximum Gasteiger partial charge on any atom is 0.228 e. The fourth-order valence-corrected chi connectivity index (χ4v) is 3.28. The number of hydrogen-bond donors (Lipinski definition) is 2. The standard InChI is InChI=1S/C16H21ClN4O2.2ClH/c17-13-1-2-14(19-10-13)20-15(22)11-4-7-21(8-5-11)16(23)12-3-6-18-9-12;;/h1-2,10-12,18H,3-9H2,(H,19,20,22);2*1H. The maximum atomic E-state index is 12.4. The zero-order valence-electron chi connectivity index (χ0n) is 13.7. The molecule has 1 aromatic rings. The van der Waals surface area contributed by atoms with E-state index in [0.29, 0.717) is 36.8 Å². The molecule has 9 heteroatoms. The van der Waals surface area contributed by atoms with Gasteiger partial charge in [0.15, 0.2) is 0 Å². The molecule has 2 amide bonds. The van der Waals surface area contributed by atoms with Gasteiger partial charge in [-0.2, -0.15) is 0 Å². The molecule has 2 saturated heterocycles. The molecular formula is C16H23Cl3N4O2. The quantitative estimate of drug-likeness (QED) is 0.804. The van der Waals surface area contributed by atoms with E-state index < -0.39 is 0 Å². The molecule has 2 aliphatic rings. The van der Waals surface area contributed by atoms with E-state index in [9.17, 15) is 9.59 Å². The first-order valence-electron chi connectivity index (χ1n) is 8.05. The fraction of sp³-hybridized carbons (Fsp3) is 0.562. The highest BCUT2D eigenvalue weighted by Crippen LogP contribution is 2.22. The Balaban J connectivity index is 0.00000156. The molecule has 1 aromatic heterocycles. The third-order valence-corrected chi connectivity index (χ3v) is 4.79. The Bertz CT molecular complexity index is 571. The van der Waals surface area contributed by atoms with Crippen LogP contribution in [0.4, 0.5) is 5.82 Å². The second-order valence-corrected chi connectivity index (χ2v) is 6.58. The molecule has 2 aliphatic heterocycles. The van der Waals surface area contributed by atoms with Crippen LogP contribution in [0, 0.1) is 11.8 Å². The maximum absolute atomic E-state index is 12.4. The lowest BCUT2D eigenvalue weighted by atomic mass is 9.94. The summed E-state index contributed by atoms with van der Waals surface area (Å²) in [6.07, 6.45) is 3.83. The largest absolute Gasteiger partial charge is 0.342 e. The number of halogens is 3. The van der Waals surface area contributed by atoms with Crippen molar-refractivity contribution in [3.05, 3.63) is 23.4 Å². The third-order valence-electron chi connectivity index (χ3n) is 4.57. The van der Waals surface area contributed by atoms with E-state index in [0.717, 1.165) is 19.5 Å². The average Bonchev–Trinajstić information content (AvgIpc) is 3.11. The van der Waals surface area contributed by atoms with Crippen LogP contribution in [0.25, 0.3) is 0 Å². The summed E-state index contributed by atoms with van der Waals surface area (Å²) in [7, 11) is 0. The number of anilines is 1. The minimum Gasteiger partial charge on any atom is -0.342 e. The molecule has 0 bridgehead atoms. The van der Waals surface area contributed by atoms with Gasteiger partial charge in [-0.15, -0.1) is 24.8 Å². The van der Waals surface area contributed by atoms with Crippen LogP contribution in [0.3, 0.4) is 0 Å². The van der Waals surface area contributed by atoms with Crippen molar-refractivity contribution >= 4 is 54.0 Å². The number of nitrogens with zero attached hydrogens (tertiary/aromatic N) is 2. The molecule has 2 N–H and O–H groups in total. The van der Waals surface area contributed by atoms with Crippen LogP contribution in [-0.2, 0) is 9.59 Å². The summed E-state index contributed by atoms with van der Waals surface area (Å²) in [4.78, 5) is 30.6. The summed E-state index contributed by atoms with van der Waals surface area (Å²) in [5.74, 6) is 0.745. The lowest BCUT2D eigenvalue weighted by Crippen LogP contribution is -2.44. The molecule has 0 aromatic carbocycles. The van der Waals surface area contributed by atoms with Gasteiger partial charge in [-0.05, 0) is 37.9 Å². The highest BCUT2D eigenvalue weighted by Gasteiger charge is 2.32. The number of likely N-dealkylation sites (tertiary alicyclic amines) is 1. The van der Waals surface area contributed by atoms with Crippen molar-refractivity contribution < 1.29 is 9.59 Å². The Morgan fingerprint density at radius 2 is 1.88 bits per heavy atom. The Hall–Kier alpha value is -1.08. The summed E-state index contributed by atoms with van der Waals surface area (Å²) in [5, 5.41) is 6.58. The van der Waals surface area contributed by atoms with Crippen molar-refractivity contribution in [1.29, 1.82) is 0 Å². The van der Waals surface area contributed by atoms with Crippen LogP contribution in [-0.4, -0.2) is 47.9 Å². The number of rotatable bonds is 3. The van der Waals surface area contributed by atoms with Crippen LogP contribution in [0.1, 0.15) is 19.3 Å². The van der Waals surface area contributed by atoms with E-state index in [1.807, 2.05) is 4.90 Å². The Kier molecular flexibility index (Phi) is 8.93. The molecule has 3 heterocycles. The summed E-state index contributed by atoms with van der Waals surface area (Å²) in [5.41, 5.74) is 0. The molecule has 2 fully saturated rings. The van der Waals surface area contributed by atoms with Gasteiger partial charge in [0, 0.05) is 31.7 Å². The van der Waals surface area contributed by atoms with Crippen LogP contribution >= 0.6 is 36.4 Å². The molecule has 0 spiro atoms. The first-order valence-corrected chi connectivity index (χ1v) is 8.43. The molecule has 3 rings (SSSR count). The second kappa shape index (κ2) is 10.2. The van der Waals surface area contributed by atoms with Gasteiger partial charge in [0.1, 0.15) is 5.82 Å². The van der Waals surface area contributed by atoms with Crippen LogP contribution in [0.2, 0.25) is 5.02 Å². The molecular weight excluding hydrogens is 387 g/mol. The van der Waals surface area contributed by atoms with Crippen LogP contribution in [0.15, 0.2) is 18.3 Å². The Morgan fingerprint density at radius 1 is 1.16 bits per heavy atom. The molecule has 0 aliphatic carbocycles. The smallest absolute Gasteiger partial charge is 0.228 e. The van der Waals surface area contributed by atoms with Crippen LogP contribution < -0.4 is 10.6 Å². The molecule has 1 unspecified atom stereocenters. The van der Waals surface area contributed by atoms with Gasteiger partial charge >= 0.3 is 0 Å². The SMILES string of the molecule is Cl.Cl.O=C(Nc1ccc(Cl)cn1)C1CCN(C(=O)C2CCNC2)CC1. The third kappa shape index (κ3) is 5.71. The van der Waals surface area contributed by atoms with Crippen molar-refractivity contribution in [1.82, 2.24) is 15.2 Å². The molecule has 1 atom stereocenters. The van der Waals surface area contributed by atoms with Crippen molar-refractivity contribution in [2.24, 2.45) is 11.8 Å². The minimum atomic E-state index is -0.0711. The summed E-state index contributed by atoms with van der Waals surface area (Å²) < 4.78 is 0. The van der Waals surface area contributed by atoms with Gasteiger partial charge < -0.3 is 15.5 Å². The van der Waals surface area contributed by atoms with E-state index >= 15 is 0 Å². The Labute approximate surface area is 164 Å².